The van der Waals surface area contributed by atoms with Crippen LogP contribution in [0, 0.1) is 5.82 Å². The summed E-state index contributed by atoms with van der Waals surface area (Å²) in [5.41, 5.74) is 2.58. The summed E-state index contributed by atoms with van der Waals surface area (Å²) in [6, 6.07) is 3.19. The highest BCUT2D eigenvalue weighted by atomic mass is 32.1. The Labute approximate surface area is 212 Å². The molecular weight excluding hydrogens is 481 g/mol. The van der Waals surface area contributed by atoms with Crippen molar-refractivity contribution >= 4 is 32.7 Å². The Bertz CT molecular complexity index is 1300. The van der Waals surface area contributed by atoms with E-state index in [0.717, 1.165) is 48.3 Å². The van der Waals surface area contributed by atoms with Crippen LogP contribution in [0.2, 0.25) is 0 Å². The summed E-state index contributed by atoms with van der Waals surface area (Å²) in [6.07, 6.45) is 11.4. The molecule has 9 heteroatoms. The molecule has 2 aliphatic heterocycles. The lowest BCUT2D eigenvalue weighted by molar-refractivity contribution is 0.0141. The maximum atomic E-state index is 14.6. The van der Waals surface area contributed by atoms with Gasteiger partial charge in [-0.2, -0.15) is 0 Å². The first-order valence-corrected chi connectivity index (χ1v) is 14.1. The Kier molecular flexibility index (Phi) is 5.54. The fourth-order valence-corrected chi connectivity index (χ4v) is 7.82. The molecule has 0 spiro atoms. The van der Waals surface area contributed by atoms with Crippen LogP contribution in [-0.2, 0) is 11.3 Å². The molecule has 3 aromatic rings. The smallest absolute Gasteiger partial charge is 0.335 e. The van der Waals surface area contributed by atoms with E-state index >= 15 is 0 Å². The van der Waals surface area contributed by atoms with Gasteiger partial charge in [0.1, 0.15) is 11.3 Å². The fraction of sp³-hybridized carbons (Fsp3) is 0.593. The highest BCUT2D eigenvalue weighted by Gasteiger charge is 2.43. The molecule has 4 heterocycles. The van der Waals surface area contributed by atoms with Gasteiger partial charge in [0.15, 0.2) is 10.9 Å². The molecule has 1 N–H and O–H groups in total. The zero-order valence-corrected chi connectivity index (χ0v) is 20.9. The number of aromatic nitrogens is 2. The Morgan fingerprint density at radius 1 is 1.11 bits per heavy atom. The summed E-state index contributed by atoms with van der Waals surface area (Å²) in [6.45, 7) is 0.579. The summed E-state index contributed by atoms with van der Waals surface area (Å²) in [4.78, 5) is 18.3. The third-order valence-corrected chi connectivity index (χ3v) is 9.61. The van der Waals surface area contributed by atoms with Crippen molar-refractivity contribution in [1.29, 1.82) is 0 Å². The molecule has 4 fully saturated rings. The first-order valence-electron chi connectivity index (χ1n) is 13.3. The van der Waals surface area contributed by atoms with E-state index in [4.69, 9.17) is 9.26 Å². The third-order valence-electron chi connectivity index (χ3n) is 8.60. The van der Waals surface area contributed by atoms with Crippen molar-refractivity contribution in [2.45, 2.75) is 101 Å². The number of hydrogen-bond donors (Lipinski definition) is 1. The summed E-state index contributed by atoms with van der Waals surface area (Å²) in [7, 11) is 0. The number of halogens is 1. The van der Waals surface area contributed by atoms with Gasteiger partial charge in [-0.3, -0.25) is 0 Å². The van der Waals surface area contributed by atoms with Gasteiger partial charge in [-0.1, -0.05) is 29.3 Å². The summed E-state index contributed by atoms with van der Waals surface area (Å²) in [5, 5.41) is 14.6. The number of benzene rings is 1. The number of rotatable bonds is 7. The van der Waals surface area contributed by atoms with Crippen molar-refractivity contribution in [2.24, 2.45) is 0 Å². The number of nitrogens with zero attached hydrogens (tertiary/aromatic N) is 3. The normalized spacial score (nSPS) is 26.4. The highest BCUT2D eigenvalue weighted by molar-refractivity contribution is 7.22. The lowest BCUT2D eigenvalue weighted by Gasteiger charge is -2.38. The minimum atomic E-state index is -1.13. The molecule has 7 rings (SSSR count). The highest BCUT2D eigenvalue weighted by Crippen LogP contribution is 2.47. The lowest BCUT2D eigenvalue weighted by Crippen LogP contribution is -2.45. The molecule has 0 radical (unpaired) electrons. The van der Waals surface area contributed by atoms with Crippen molar-refractivity contribution in [2.75, 3.05) is 4.90 Å². The second-order valence-electron chi connectivity index (χ2n) is 11.0. The first-order chi connectivity index (χ1) is 17.5. The van der Waals surface area contributed by atoms with E-state index in [0.29, 0.717) is 35.2 Å². The maximum Gasteiger partial charge on any atom is 0.335 e. The van der Waals surface area contributed by atoms with Crippen LogP contribution in [0.25, 0.3) is 10.2 Å². The van der Waals surface area contributed by atoms with E-state index in [2.05, 4.69) is 15.0 Å². The Morgan fingerprint density at radius 2 is 1.86 bits per heavy atom. The van der Waals surface area contributed by atoms with Gasteiger partial charge in [-0.05, 0) is 63.5 Å². The van der Waals surface area contributed by atoms with Gasteiger partial charge >= 0.3 is 5.97 Å². The first kappa shape index (κ1) is 22.7. The number of aromatic carboxylic acids is 1. The molecule has 4 aliphatic rings. The number of carboxylic acids is 1. The average molecular weight is 512 g/mol. The van der Waals surface area contributed by atoms with Crippen LogP contribution in [0.4, 0.5) is 9.52 Å². The molecule has 36 heavy (non-hydrogen) atoms. The van der Waals surface area contributed by atoms with Gasteiger partial charge in [0.2, 0.25) is 0 Å². The monoisotopic (exact) mass is 511 g/mol. The molecule has 0 amide bonds. The van der Waals surface area contributed by atoms with E-state index in [1.165, 1.54) is 61.5 Å². The SMILES string of the molecule is O=C(O)c1cc(F)c2nc(N3[C@@H]4CC[C@H]3CC(OCc3c(C5CCCC5)noc3C3CC3)C4)sc2c1. The predicted octanol–water partition coefficient (Wildman–Crippen LogP) is 6.37. The quantitative estimate of drug-likeness (QED) is 0.394. The number of ether oxygens (including phenoxy) is 1. The van der Waals surface area contributed by atoms with Crippen LogP contribution >= 0.6 is 11.3 Å². The lowest BCUT2D eigenvalue weighted by atomic mass is 9.97. The van der Waals surface area contributed by atoms with Crippen molar-refractivity contribution in [1.82, 2.24) is 10.1 Å². The standard InChI is InChI=1S/C27H30FN3O4S/c28-21-9-16(26(32)33)10-22-24(21)29-27(36-22)31-17-7-8-18(31)12-19(11-17)34-13-20-23(14-3-1-2-4-14)30-35-25(20)15-5-6-15/h9-10,14-15,17-19H,1-8,11-13H2,(H,32,33)/t17-,18+,19?. The number of fused-ring (bicyclic) bond motifs is 3. The largest absolute Gasteiger partial charge is 0.478 e. The molecule has 190 valence electrons. The van der Waals surface area contributed by atoms with Crippen LogP contribution < -0.4 is 4.90 Å². The zero-order chi connectivity index (χ0) is 24.4. The predicted molar refractivity (Wildman–Crippen MR) is 133 cm³/mol. The number of hydrogen-bond acceptors (Lipinski definition) is 7. The number of piperidine rings is 1. The Morgan fingerprint density at radius 3 is 2.56 bits per heavy atom. The third kappa shape index (κ3) is 3.91. The Hall–Kier alpha value is -2.52. The van der Waals surface area contributed by atoms with Crippen LogP contribution in [0.1, 0.15) is 103 Å². The number of anilines is 1. The van der Waals surface area contributed by atoms with Crippen molar-refractivity contribution in [3.8, 4) is 0 Å². The molecule has 1 aromatic carbocycles. The van der Waals surface area contributed by atoms with E-state index < -0.39 is 11.8 Å². The van der Waals surface area contributed by atoms with Crippen molar-refractivity contribution < 1.29 is 23.6 Å². The van der Waals surface area contributed by atoms with E-state index in [-0.39, 0.29) is 17.2 Å². The molecule has 3 atom stereocenters. The molecule has 7 nitrogen and oxygen atoms in total. The topological polar surface area (TPSA) is 88.7 Å². The molecule has 2 bridgehead atoms. The van der Waals surface area contributed by atoms with E-state index in [1.54, 1.807) is 0 Å². The molecule has 2 saturated heterocycles. The van der Waals surface area contributed by atoms with Crippen LogP contribution in [0.5, 0.6) is 0 Å². The molecule has 2 aromatic heterocycles. The fourth-order valence-electron chi connectivity index (χ4n) is 6.65. The van der Waals surface area contributed by atoms with Crippen LogP contribution in [0.3, 0.4) is 0 Å². The maximum absolute atomic E-state index is 14.6. The van der Waals surface area contributed by atoms with E-state index in [9.17, 15) is 14.3 Å². The minimum Gasteiger partial charge on any atom is -0.478 e. The molecule has 2 saturated carbocycles. The molecular formula is C27H30FN3O4S. The van der Waals surface area contributed by atoms with Gasteiger partial charge in [-0.25, -0.2) is 14.2 Å². The summed E-state index contributed by atoms with van der Waals surface area (Å²) >= 11 is 1.39. The zero-order valence-electron chi connectivity index (χ0n) is 20.1. The number of thiazole rings is 1. The number of carboxylic acid groups (broad SMARTS) is 1. The average Bonchev–Trinajstić information content (AvgIpc) is 3.20. The van der Waals surface area contributed by atoms with Crippen molar-refractivity contribution in [3.63, 3.8) is 0 Å². The van der Waals surface area contributed by atoms with Crippen molar-refractivity contribution in [3.05, 3.63) is 40.5 Å². The van der Waals surface area contributed by atoms with Gasteiger partial charge in [0.05, 0.1) is 28.7 Å². The summed E-state index contributed by atoms with van der Waals surface area (Å²) < 4.78 is 27.6. The van der Waals surface area contributed by atoms with Gasteiger partial charge < -0.3 is 19.3 Å². The second kappa shape index (κ2) is 8.80. The van der Waals surface area contributed by atoms with Gasteiger partial charge in [-0.15, -0.1) is 0 Å². The van der Waals surface area contributed by atoms with Gasteiger partial charge in [0.25, 0.3) is 0 Å². The van der Waals surface area contributed by atoms with Gasteiger partial charge in [0, 0.05) is 29.5 Å². The van der Waals surface area contributed by atoms with E-state index in [1.807, 2.05) is 0 Å². The molecule has 1 unspecified atom stereocenters. The Balaban J connectivity index is 1.08. The molecule has 2 aliphatic carbocycles. The van der Waals surface area contributed by atoms with Crippen LogP contribution in [0.15, 0.2) is 16.7 Å². The summed E-state index contributed by atoms with van der Waals surface area (Å²) in [5.74, 6) is 0.396. The minimum absolute atomic E-state index is 0.0402. The van der Waals surface area contributed by atoms with Crippen LogP contribution in [-0.4, -0.2) is 39.4 Å². The second-order valence-corrected chi connectivity index (χ2v) is 12.0. The number of carbonyl (C=O) groups is 1.